The Balaban J connectivity index is 0.00000161. The van der Waals surface area contributed by atoms with Gasteiger partial charge in [-0.3, -0.25) is 9.89 Å². The van der Waals surface area contributed by atoms with Crippen LogP contribution < -0.4 is 10.6 Å². The first-order valence-corrected chi connectivity index (χ1v) is 8.03. The molecule has 0 aromatic rings. The molecular formula is C15H29IN4O. The van der Waals surface area contributed by atoms with E-state index in [1.54, 1.807) is 7.05 Å². The minimum absolute atomic E-state index is 0. The lowest BCUT2D eigenvalue weighted by Gasteiger charge is -2.37. The van der Waals surface area contributed by atoms with Gasteiger partial charge in [0.1, 0.15) is 0 Å². The number of nitrogens with zero attached hydrogens (tertiary/aromatic N) is 2. The molecule has 122 valence electrons. The lowest BCUT2D eigenvalue weighted by atomic mass is 9.80. The first-order valence-electron chi connectivity index (χ1n) is 8.03. The van der Waals surface area contributed by atoms with Crippen LogP contribution in [0.5, 0.6) is 0 Å². The van der Waals surface area contributed by atoms with Gasteiger partial charge in [-0.15, -0.1) is 24.0 Å². The van der Waals surface area contributed by atoms with Crippen LogP contribution in [0, 0.1) is 5.92 Å². The summed E-state index contributed by atoms with van der Waals surface area (Å²) in [6, 6.07) is 1.31. The third kappa shape index (κ3) is 4.22. The fraction of sp³-hybridized carbons (Fsp3) is 0.933. The molecule has 2 saturated carbocycles. The number of nitrogens with one attached hydrogen (secondary N) is 2. The van der Waals surface area contributed by atoms with Crippen molar-refractivity contribution in [3.8, 4) is 0 Å². The Hall–Kier alpha value is -0.0800. The number of guanidine groups is 1. The van der Waals surface area contributed by atoms with Gasteiger partial charge in [-0.25, -0.2) is 0 Å². The average molecular weight is 408 g/mol. The predicted octanol–water partition coefficient (Wildman–Crippen LogP) is 1.17. The fourth-order valence-corrected chi connectivity index (χ4v) is 3.31. The summed E-state index contributed by atoms with van der Waals surface area (Å²) >= 11 is 0. The van der Waals surface area contributed by atoms with Crippen LogP contribution in [0.3, 0.4) is 0 Å². The van der Waals surface area contributed by atoms with E-state index in [2.05, 4.69) is 27.4 Å². The SMILES string of the molecule is CN=C(NCC1(O)CCC1)NC1CN(C2CC2)CC1C.I. The third-order valence-corrected chi connectivity index (χ3v) is 5.12. The van der Waals surface area contributed by atoms with Crippen LogP contribution in [0.2, 0.25) is 0 Å². The highest BCUT2D eigenvalue weighted by Crippen LogP contribution is 2.32. The van der Waals surface area contributed by atoms with Crippen molar-refractivity contribution in [2.24, 2.45) is 10.9 Å². The highest BCUT2D eigenvalue weighted by Gasteiger charge is 2.39. The third-order valence-electron chi connectivity index (χ3n) is 5.12. The zero-order chi connectivity index (χ0) is 14.2. The first kappa shape index (κ1) is 17.3. The zero-order valence-electron chi connectivity index (χ0n) is 13.1. The second-order valence-corrected chi connectivity index (χ2v) is 6.92. The Labute approximate surface area is 145 Å². The number of hydrogen-bond acceptors (Lipinski definition) is 3. The largest absolute Gasteiger partial charge is 0.388 e. The van der Waals surface area contributed by atoms with Gasteiger partial charge in [-0.1, -0.05) is 6.92 Å². The molecule has 0 spiro atoms. The molecule has 0 radical (unpaired) electrons. The first-order chi connectivity index (χ1) is 9.59. The Morgan fingerprint density at radius 3 is 2.57 bits per heavy atom. The monoisotopic (exact) mass is 408 g/mol. The van der Waals surface area contributed by atoms with E-state index in [9.17, 15) is 5.11 Å². The number of hydrogen-bond donors (Lipinski definition) is 3. The van der Waals surface area contributed by atoms with Crippen LogP contribution in [0.1, 0.15) is 39.0 Å². The molecule has 3 rings (SSSR count). The fourth-order valence-electron chi connectivity index (χ4n) is 3.31. The topological polar surface area (TPSA) is 59.9 Å². The average Bonchev–Trinajstić information content (AvgIpc) is 3.18. The Kier molecular flexibility index (Phi) is 5.76. The van der Waals surface area contributed by atoms with Gasteiger partial charge in [-0.05, 0) is 38.0 Å². The molecule has 2 unspecified atom stereocenters. The molecule has 6 heteroatoms. The van der Waals surface area contributed by atoms with Crippen LogP contribution in [-0.2, 0) is 0 Å². The van der Waals surface area contributed by atoms with Gasteiger partial charge in [0.2, 0.25) is 0 Å². The molecule has 0 aromatic carbocycles. The van der Waals surface area contributed by atoms with Crippen molar-refractivity contribution in [1.29, 1.82) is 0 Å². The van der Waals surface area contributed by atoms with Crippen LogP contribution in [0.25, 0.3) is 0 Å². The van der Waals surface area contributed by atoms with Crippen LogP contribution in [0.4, 0.5) is 0 Å². The lowest BCUT2D eigenvalue weighted by molar-refractivity contribution is -0.0279. The Morgan fingerprint density at radius 2 is 2.05 bits per heavy atom. The summed E-state index contributed by atoms with van der Waals surface area (Å²) in [6.07, 6.45) is 5.71. The summed E-state index contributed by atoms with van der Waals surface area (Å²) in [5.41, 5.74) is -0.501. The lowest BCUT2D eigenvalue weighted by Crippen LogP contribution is -2.53. The predicted molar refractivity (Wildman–Crippen MR) is 96.3 cm³/mol. The van der Waals surface area contributed by atoms with E-state index >= 15 is 0 Å². The van der Waals surface area contributed by atoms with E-state index in [4.69, 9.17) is 0 Å². The molecular weight excluding hydrogens is 379 g/mol. The molecule has 5 nitrogen and oxygen atoms in total. The molecule has 2 atom stereocenters. The van der Waals surface area contributed by atoms with Crippen molar-refractivity contribution in [3.05, 3.63) is 0 Å². The van der Waals surface area contributed by atoms with Crippen molar-refractivity contribution in [2.45, 2.75) is 56.7 Å². The highest BCUT2D eigenvalue weighted by atomic mass is 127. The maximum atomic E-state index is 10.1. The van der Waals surface area contributed by atoms with Crippen molar-refractivity contribution >= 4 is 29.9 Å². The van der Waals surface area contributed by atoms with Crippen LogP contribution >= 0.6 is 24.0 Å². The second kappa shape index (κ2) is 7.00. The normalized spacial score (nSPS) is 32.2. The van der Waals surface area contributed by atoms with Gasteiger partial charge in [0.05, 0.1) is 5.60 Å². The van der Waals surface area contributed by atoms with E-state index in [0.29, 0.717) is 18.5 Å². The summed E-state index contributed by atoms with van der Waals surface area (Å²) in [5.74, 6) is 1.49. The smallest absolute Gasteiger partial charge is 0.191 e. The van der Waals surface area contributed by atoms with Gasteiger partial charge in [-0.2, -0.15) is 0 Å². The van der Waals surface area contributed by atoms with Crippen molar-refractivity contribution < 1.29 is 5.11 Å². The molecule has 1 aliphatic heterocycles. The zero-order valence-corrected chi connectivity index (χ0v) is 15.5. The summed E-state index contributed by atoms with van der Waals surface area (Å²) in [4.78, 5) is 6.90. The van der Waals surface area contributed by atoms with Gasteiger partial charge in [0.15, 0.2) is 5.96 Å². The standard InChI is InChI=1S/C15H28N4O.HI/c1-11-8-19(12-4-5-12)9-13(11)18-14(16-2)17-10-15(20)6-3-7-15;/h11-13,20H,3-10H2,1-2H3,(H2,16,17,18);1H. The molecule has 3 aliphatic rings. The maximum Gasteiger partial charge on any atom is 0.191 e. The summed E-state index contributed by atoms with van der Waals surface area (Å²) in [7, 11) is 1.80. The van der Waals surface area contributed by atoms with Gasteiger partial charge in [0.25, 0.3) is 0 Å². The summed E-state index contributed by atoms with van der Waals surface area (Å²) in [6.45, 7) is 5.24. The Bertz CT molecular complexity index is 382. The van der Waals surface area contributed by atoms with E-state index < -0.39 is 5.60 Å². The van der Waals surface area contributed by atoms with Crippen molar-refractivity contribution in [1.82, 2.24) is 15.5 Å². The maximum absolute atomic E-state index is 10.1. The molecule has 1 heterocycles. The molecule has 0 aromatic heterocycles. The number of halogens is 1. The molecule has 21 heavy (non-hydrogen) atoms. The minimum atomic E-state index is -0.501. The van der Waals surface area contributed by atoms with Crippen molar-refractivity contribution in [2.75, 3.05) is 26.7 Å². The Morgan fingerprint density at radius 1 is 1.33 bits per heavy atom. The van der Waals surface area contributed by atoms with Crippen LogP contribution in [0.15, 0.2) is 4.99 Å². The van der Waals surface area contributed by atoms with E-state index in [1.807, 2.05) is 0 Å². The summed E-state index contributed by atoms with van der Waals surface area (Å²) < 4.78 is 0. The van der Waals surface area contributed by atoms with Crippen LogP contribution in [-0.4, -0.2) is 60.3 Å². The quantitative estimate of drug-likeness (QED) is 0.371. The molecule has 0 amide bonds. The molecule has 0 bridgehead atoms. The number of likely N-dealkylation sites (tertiary alicyclic amines) is 1. The van der Waals surface area contributed by atoms with E-state index in [0.717, 1.165) is 37.8 Å². The van der Waals surface area contributed by atoms with Gasteiger partial charge < -0.3 is 15.7 Å². The molecule has 3 N–H and O–H groups in total. The van der Waals surface area contributed by atoms with E-state index in [1.165, 1.54) is 19.4 Å². The molecule has 2 aliphatic carbocycles. The van der Waals surface area contributed by atoms with E-state index in [-0.39, 0.29) is 24.0 Å². The number of rotatable bonds is 4. The second-order valence-electron chi connectivity index (χ2n) is 6.92. The van der Waals surface area contributed by atoms with Gasteiger partial charge in [0, 0.05) is 38.8 Å². The molecule has 1 saturated heterocycles. The summed E-state index contributed by atoms with van der Waals surface area (Å²) in [5, 5.41) is 17.0. The minimum Gasteiger partial charge on any atom is -0.388 e. The molecule has 3 fully saturated rings. The number of aliphatic imine (C=N–C) groups is 1. The van der Waals surface area contributed by atoms with Gasteiger partial charge >= 0.3 is 0 Å². The number of aliphatic hydroxyl groups is 1. The highest BCUT2D eigenvalue weighted by molar-refractivity contribution is 14.0. The van der Waals surface area contributed by atoms with Crippen molar-refractivity contribution in [3.63, 3.8) is 0 Å².